The van der Waals surface area contributed by atoms with E-state index in [0.29, 0.717) is 0 Å². The van der Waals surface area contributed by atoms with Crippen molar-refractivity contribution < 1.29 is 0 Å². The topological polar surface area (TPSA) is 15.3 Å². The van der Waals surface area contributed by atoms with Crippen molar-refractivity contribution in [1.29, 1.82) is 0 Å². The summed E-state index contributed by atoms with van der Waals surface area (Å²) in [5.74, 6) is 2.82. The van der Waals surface area contributed by atoms with E-state index in [1.165, 1.54) is 45.6 Å². The normalized spacial score (nSPS) is 34.7. The molecule has 2 nitrogen and oxygen atoms in total. The highest BCUT2D eigenvalue weighted by molar-refractivity contribution is 4.91. The van der Waals surface area contributed by atoms with Gasteiger partial charge in [-0.2, -0.15) is 0 Å². The Labute approximate surface area is 88.1 Å². The third kappa shape index (κ3) is 2.29. The Hall–Kier alpha value is -0.0800. The lowest BCUT2D eigenvalue weighted by atomic mass is 10.0. The number of nitrogens with zero attached hydrogens (tertiary/aromatic N) is 1. The van der Waals surface area contributed by atoms with Crippen LogP contribution in [-0.4, -0.2) is 37.6 Å². The Morgan fingerprint density at radius 2 is 1.93 bits per heavy atom. The molecule has 1 N–H and O–H groups in total. The molecule has 2 fully saturated rings. The van der Waals surface area contributed by atoms with Gasteiger partial charge in [0.25, 0.3) is 0 Å². The SMILES string of the molecule is CCCC(C)CN1C[C@H]2CNC[C@H]2C1. The molecule has 82 valence electrons. The van der Waals surface area contributed by atoms with E-state index in [1.54, 1.807) is 0 Å². The minimum Gasteiger partial charge on any atom is -0.316 e. The van der Waals surface area contributed by atoms with E-state index < -0.39 is 0 Å². The lowest BCUT2D eigenvalue weighted by molar-refractivity contribution is 0.262. The second-order valence-electron chi connectivity index (χ2n) is 5.29. The van der Waals surface area contributed by atoms with Crippen molar-refractivity contribution in [2.24, 2.45) is 17.8 Å². The molecule has 0 bridgehead atoms. The maximum atomic E-state index is 3.50. The first-order valence-electron chi connectivity index (χ1n) is 6.22. The van der Waals surface area contributed by atoms with Crippen molar-refractivity contribution in [2.75, 3.05) is 32.7 Å². The maximum absolute atomic E-state index is 3.50. The van der Waals surface area contributed by atoms with Crippen molar-refractivity contribution in [3.63, 3.8) is 0 Å². The van der Waals surface area contributed by atoms with Crippen molar-refractivity contribution >= 4 is 0 Å². The van der Waals surface area contributed by atoms with Crippen LogP contribution >= 0.6 is 0 Å². The van der Waals surface area contributed by atoms with Gasteiger partial charge in [-0.1, -0.05) is 20.3 Å². The molecule has 3 atom stereocenters. The summed E-state index contributed by atoms with van der Waals surface area (Å²) < 4.78 is 0. The molecule has 0 radical (unpaired) electrons. The van der Waals surface area contributed by atoms with E-state index in [2.05, 4.69) is 24.1 Å². The summed E-state index contributed by atoms with van der Waals surface area (Å²) in [6, 6.07) is 0. The third-order valence-electron chi connectivity index (χ3n) is 3.82. The van der Waals surface area contributed by atoms with Crippen molar-refractivity contribution in [3.05, 3.63) is 0 Å². The number of nitrogens with one attached hydrogen (secondary N) is 1. The fourth-order valence-corrected chi connectivity index (χ4v) is 3.13. The van der Waals surface area contributed by atoms with Gasteiger partial charge in [-0.15, -0.1) is 0 Å². The van der Waals surface area contributed by atoms with Gasteiger partial charge in [-0.05, 0) is 37.3 Å². The number of likely N-dealkylation sites (tertiary alicyclic amines) is 1. The Kier molecular flexibility index (Phi) is 3.45. The van der Waals surface area contributed by atoms with E-state index in [1.807, 2.05) is 0 Å². The van der Waals surface area contributed by atoms with Crippen LogP contribution in [0.5, 0.6) is 0 Å². The molecule has 1 unspecified atom stereocenters. The molecule has 2 saturated heterocycles. The van der Waals surface area contributed by atoms with E-state index >= 15 is 0 Å². The minimum absolute atomic E-state index is 0.895. The molecular weight excluding hydrogens is 172 g/mol. The van der Waals surface area contributed by atoms with Crippen LogP contribution in [0, 0.1) is 17.8 Å². The monoisotopic (exact) mass is 196 g/mol. The van der Waals surface area contributed by atoms with Gasteiger partial charge in [0, 0.05) is 19.6 Å². The van der Waals surface area contributed by atoms with Gasteiger partial charge in [0.1, 0.15) is 0 Å². The van der Waals surface area contributed by atoms with Crippen LogP contribution in [0.15, 0.2) is 0 Å². The van der Waals surface area contributed by atoms with E-state index in [9.17, 15) is 0 Å². The average Bonchev–Trinajstić information content (AvgIpc) is 2.63. The zero-order valence-corrected chi connectivity index (χ0v) is 9.63. The fraction of sp³-hybridized carbons (Fsp3) is 1.00. The average molecular weight is 196 g/mol. The fourth-order valence-electron chi connectivity index (χ4n) is 3.13. The number of rotatable bonds is 4. The highest BCUT2D eigenvalue weighted by atomic mass is 15.2. The van der Waals surface area contributed by atoms with Gasteiger partial charge in [0.2, 0.25) is 0 Å². The lowest BCUT2D eigenvalue weighted by Gasteiger charge is -2.21. The third-order valence-corrected chi connectivity index (χ3v) is 3.82. The second-order valence-corrected chi connectivity index (χ2v) is 5.29. The summed E-state index contributed by atoms with van der Waals surface area (Å²) in [6.45, 7) is 11.3. The summed E-state index contributed by atoms with van der Waals surface area (Å²) in [5.41, 5.74) is 0. The first kappa shape index (κ1) is 10.4. The molecule has 2 aliphatic rings. The van der Waals surface area contributed by atoms with Crippen LogP contribution < -0.4 is 5.32 Å². The van der Waals surface area contributed by atoms with E-state index in [4.69, 9.17) is 0 Å². The Morgan fingerprint density at radius 3 is 2.50 bits per heavy atom. The molecule has 0 aromatic heterocycles. The molecule has 0 saturated carbocycles. The summed E-state index contributed by atoms with van der Waals surface area (Å²) in [4.78, 5) is 2.69. The Bertz CT molecular complexity index is 169. The molecule has 2 heterocycles. The highest BCUT2D eigenvalue weighted by Crippen LogP contribution is 2.27. The minimum atomic E-state index is 0.895. The number of hydrogen-bond donors (Lipinski definition) is 1. The van der Waals surface area contributed by atoms with Crippen LogP contribution in [0.25, 0.3) is 0 Å². The van der Waals surface area contributed by atoms with E-state index in [-0.39, 0.29) is 0 Å². The highest BCUT2D eigenvalue weighted by Gasteiger charge is 2.35. The van der Waals surface area contributed by atoms with Gasteiger partial charge in [0.15, 0.2) is 0 Å². The van der Waals surface area contributed by atoms with Gasteiger partial charge in [0.05, 0.1) is 0 Å². The molecular formula is C12H24N2. The van der Waals surface area contributed by atoms with Crippen molar-refractivity contribution in [3.8, 4) is 0 Å². The summed E-state index contributed by atoms with van der Waals surface area (Å²) in [5, 5.41) is 3.50. The van der Waals surface area contributed by atoms with Gasteiger partial charge < -0.3 is 10.2 Å². The van der Waals surface area contributed by atoms with Gasteiger partial charge in [-0.3, -0.25) is 0 Å². The molecule has 0 aliphatic carbocycles. The van der Waals surface area contributed by atoms with E-state index in [0.717, 1.165) is 17.8 Å². The van der Waals surface area contributed by atoms with Crippen LogP contribution in [0.3, 0.4) is 0 Å². The first-order chi connectivity index (χ1) is 6.79. The Morgan fingerprint density at radius 1 is 1.29 bits per heavy atom. The predicted molar refractivity (Wildman–Crippen MR) is 60.4 cm³/mol. The molecule has 0 spiro atoms. The number of hydrogen-bond acceptors (Lipinski definition) is 2. The smallest absolute Gasteiger partial charge is 0.00257 e. The summed E-state index contributed by atoms with van der Waals surface area (Å²) in [6.07, 6.45) is 2.73. The molecule has 0 aromatic carbocycles. The number of fused-ring (bicyclic) bond motifs is 1. The summed E-state index contributed by atoms with van der Waals surface area (Å²) in [7, 11) is 0. The van der Waals surface area contributed by atoms with Crippen molar-refractivity contribution in [1.82, 2.24) is 10.2 Å². The molecule has 0 amide bonds. The van der Waals surface area contributed by atoms with Crippen LogP contribution in [0.2, 0.25) is 0 Å². The first-order valence-corrected chi connectivity index (χ1v) is 6.22. The largest absolute Gasteiger partial charge is 0.316 e. The quantitative estimate of drug-likeness (QED) is 0.734. The molecule has 2 heteroatoms. The second kappa shape index (κ2) is 4.63. The zero-order valence-electron chi connectivity index (χ0n) is 9.63. The molecule has 2 rings (SSSR count). The van der Waals surface area contributed by atoms with Gasteiger partial charge >= 0.3 is 0 Å². The van der Waals surface area contributed by atoms with Crippen LogP contribution in [0.1, 0.15) is 26.7 Å². The van der Waals surface area contributed by atoms with Crippen LogP contribution in [-0.2, 0) is 0 Å². The maximum Gasteiger partial charge on any atom is 0.00257 e. The zero-order chi connectivity index (χ0) is 9.97. The van der Waals surface area contributed by atoms with Gasteiger partial charge in [-0.25, -0.2) is 0 Å². The van der Waals surface area contributed by atoms with Crippen LogP contribution in [0.4, 0.5) is 0 Å². The standard InChI is InChI=1S/C12H24N2/c1-3-4-10(2)7-14-8-11-5-13-6-12(11)9-14/h10-13H,3-9H2,1-2H3/t10?,11-,12+. The lowest BCUT2D eigenvalue weighted by Crippen LogP contribution is -2.29. The van der Waals surface area contributed by atoms with Crippen molar-refractivity contribution in [2.45, 2.75) is 26.7 Å². The molecule has 0 aromatic rings. The predicted octanol–water partition coefficient (Wildman–Crippen LogP) is 1.57. The Balaban J connectivity index is 1.73. The molecule has 14 heavy (non-hydrogen) atoms. The molecule has 2 aliphatic heterocycles. The summed E-state index contributed by atoms with van der Waals surface area (Å²) >= 11 is 0.